The summed E-state index contributed by atoms with van der Waals surface area (Å²) < 4.78 is 46.3. The number of hydrogen-bond acceptors (Lipinski definition) is 3. The van der Waals surface area contributed by atoms with Gasteiger partial charge in [-0.15, -0.1) is 11.8 Å². The molecule has 0 bridgehead atoms. The first-order valence-corrected chi connectivity index (χ1v) is 8.76. The van der Waals surface area contributed by atoms with Crippen molar-refractivity contribution in [2.75, 3.05) is 19.4 Å². The Labute approximate surface area is 151 Å². The molecular formula is C17H13ClF3NO2S. The monoisotopic (exact) mass is 387 g/mol. The number of amides is 1. The number of rotatable bonds is 3. The summed E-state index contributed by atoms with van der Waals surface area (Å²) in [6, 6.07) is 7.54. The van der Waals surface area contributed by atoms with E-state index >= 15 is 0 Å². The molecule has 0 spiro atoms. The Morgan fingerprint density at radius 1 is 1.28 bits per heavy atom. The maximum atomic E-state index is 14.4. The minimum Gasteiger partial charge on any atom is -0.491 e. The van der Waals surface area contributed by atoms with Crippen LogP contribution in [-0.4, -0.2) is 30.2 Å². The van der Waals surface area contributed by atoms with E-state index in [1.54, 1.807) is 24.3 Å². The summed E-state index contributed by atoms with van der Waals surface area (Å²) in [7, 11) is 1.01. The zero-order valence-corrected chi connectivity index (χ0v) is 14.6. The van der Waals surface area contributed by atoms with Crippen molar-refractivity contribution in [3.05, 3.63) is 63.9 Å². The molecule has 2 aromatic carbocycles. The summed E-state index contributed by atoms with van der Waals surface area (Å²) in [6.45, 7) is 0.349. The predicted octanol–water partition coefficient (Wildman–Crippen LogP) is 4.65. The quantitative estimate of drug-likeness (QED) is 0.718. The third-order valence-electron chi connectivity index (χ3n) is 3.84. The number of benzene rings is 2. The van der Waals surface area contributed by atoms with Crippen LogP contribution in [0.25, 0.3) is 0 Å². The highest BCUT2D eigenvalue weighted by Crippen LogP contribution is 2.40. The lowest BCUT2D eigenvalue weighted by Gasteiger charge is -2.25. The van der Waals surface area contributed by atoms with Crippen molar-refractivity contribution in [2.45, 2.75) is 5.37 Å². The van der Waals surface area contributed by atoms with Gasteiger partial charge in [0.25, 0.3) is 5.91 Å². The molecular weight excluding hydrogens is 375 g/mol. The van der Waals surface area contributed by atoms with E-state index in [0.717, 1.165) is 12.7 Å². The van der Waals surface area contributed by atoms with Gasteiger partial charge in [-0.3, -0.25) is 4.79 Å². The Kier molecular flexibility index (Phi) is 5.15. The molecule has 0 N–H and O–H groups in total. The van der Waals surface area contributed by atoms with E-state index in [0.29, 0.717) is 23.4 Å². The van der Waals surface area contributed by atoms with Crippen LogP contribution in [0.5, 0.6) is 5.75 Å². The Hall–Kier alpha value is -1.86. The van der Waals surface area contributed by atoms with Crippen LogP contribution in [0.4, 0.5) is 13.2 Å². The fraction of sp³-hybridized carbons (Fsp3) is 0.235. The predicted molar refractivity (Wildman–Crippen MR) is 90.6 cm³/mol. The van der Waals surface area contributed by atoms with Crippen molar-refractivity contribution in [1.29, 1.82) is 0 Å². The van der Waals surface area contributed by atoms with Crippen molar-refractivity contribution in [3.63, 3.8) is 0 Å². The fourth-order valence-corrected chi connectivity index (χ4v) is 4.13. The van der Waals surface area contributed by atoms with Crippen molar-refractivity contribution in [3.8, 4) is 5.75 Å². The van der Waals surface area contributed by atoms with Crippen molar-refractivity contribution in [2.24, 2.45) is 0 Å². The molecule has 1 amide bonds. The lowest BCUT2D eigenvalue weighted by Crippen LogP contribution is -2.31. The highest BCUT2D eigenvalue weighted by molar-refractivity contribution is 7.99. The van der Waals surface area contributed by atoms with Gasteiger partial charge in [0.05, 0.1) is 12.7 Å². The summed E-state index contributed by atoms with van der Waals surface area (Å²) in [5, 5.41) is 0.128. The zero-order valence-electron chi connectivity index (χ0n) is 13.1. The first-order chi connectivity index (χ1) is 11.9. The first-order valence-electron chi connectivity index (χ1n) is 7.33. The second-order valence-corrected chi connectivity index (χ2v) is 6.97. The van der Waals surface area contributed by atoms with Gasteiger partial charge >= 0.3 is 0 Å². The van der Waals surface area contributed by atoms with E-state index in [-0.39, 0.29) is 5.37 Å². The second kappa shape index (κ2) is 7.17. The van der Waals surface area contributed by atoms with Crippen LogP contribution >= 0.6 is 23.4 Å². The van der Waals surface area contributed by atoms with Crippen LogP contribution < -0.4 is 4.74 Å². The molecule has 1 saturated heterocycles. The lowest BCUT2D eigenvalue weighted by molar-refractivity contribution is 0.0753. The van der Waals surface area contributed by atoms with Gasteiger partial charge in [-0.25, -0.2) is 8.78 Å². The van der Waals surface area contributed by atoms with E-state index in [1.807, 2.05) is 0 Å². The average Bonchev–Trinajstić information content (AvgIpc) is 3.08. The molecule has 0 aliphatic carbocycles. The molecule has 3 rings (SSSR count). The lowest BCUT2D eigenvalue weighted by atomic mass is 10.1. The maximum Gasteiger partial charge on any atom is 0.258 e. The number of thioether (sulfide) groups is 1. The number of nitrogens with zero attached hydrogens (tertiary/aromatic N) is 1. The minimum absolute atomic E-state index is 0.349. The number of methoxy groups -OCH3 is 1. The molecule has 3 nitrogen and oxygen atoms in total. The average molecular weight is 388 g/mol. The van der Waals surface area contributed by atoms with Crippen LogP contribution in [0.3, 0.4) is 0 Å². The highest BCUT2D eigenvalue weighted by atomic mass is 35.5. The van der Waals surface area contributed by atoms with Crippen LogP contribution in [0.15, 0.2) is 30.3 Å². The molecule has 1 atom stereocenters. The van der Waals surface area contributed by atoms with Gasteiger partial charge in [0.1, 0.15) is 5.37 Å². The molecule has 1 aliphatic rings. The van der Waals surface area contributed by atoms with Crippen LogP contribution in [0, 0.1) is 17.5 Å². The molecule has 0 saturated carbocycles. The Morgan fingerprint density at radius 3 is 2.72 bits per heavy atom. The van der Waals surface area contributed by atoms with Gasteiger partial charge < -0.3 is 9.64 Å². The van der Waals surface area contributed by atoms with Crippen LogP contribution in [-0.2, 0) is 0 Å². The van der Waals surface area contributed by atoms with Gasteiger partial charge in [-0.1, -0.05) is 23.7 Å². The summed E-state index contributed by atoms with van der Waals surface area (Å²) >= 11 is 7.47. The van der Waals surface area contributed by atoms with E-state index in [1.165, 1.54) is 16.7 Å². The number of ether oxygens (including phenoxy) is 1. The third kappa shape index (κ3) is 3.30. The highest BCUT2D eigenvalue weighted by Gasteiger charge is 2.34. The van der Waals surface area contributed by atoms with Crippen LogP contribution in [0.1, 0.15) is 21.3 Å². The third-order valence-corrected chi connectivity index (χ3v) is 5.33. The molecule has 8 heteroatoms. The van der Waals surface area contributed by atoms with Crippen molar-refractivity contribution < 1.29 is 22.7 Å². The smallest absolute Gasteiger partial charge is 0.258 e. The molecule has 0 aromatic heterocycles. The molecule has 132 valence electrons. The minimum atomic E-state index is -1.46. The molecule has 1 aliphatic heterocycles. The molecule has 1 heterocycles. The zero-order chi connectivity index (χ0) is 18.1. The summed E-state index contributed by atoms with van der Waals surface area (Å²) in [6.07, 6.45) is 0. The van der Waals surface area contributed by atoms with E-state index in [2.05, 4.69) is 4.74 Å². The number of halogens is 4. The van der Waals surface area contributed by atoms with Crippen LogP contribution in [0.2, 0.25) is 5.02 Å². The molecule has 0 radical (unpaired) electrons. The van der Waals surface area contributed by atoms with Crippen molar-refractivity contribution in [1.82, 2.24) is 4.90 Å². The molecule has 1 unspecified atom stereocenters. The number of hydrogen-bond donors (Lipinski definition) is 0. The Morgan fingerprint density at radius 2 is 2.04 bits per heavy atom. The summed E-state index contributed by atoms with van der Waals surface area (Å²) in [5.74, 6) is -5.02. The van der Waals surface area contributed by atoms with E-state index < -0.39 is 34.7 Å². The first kappa shape index (κ1) is 17.9. The summed E-state index contributed by atoms with van der Waals surface area (Å²) in [4.78, 5) is 14.2. The Bertz CT molecular complexity index is 834. The van der Waals surface area contributed by atoms with Gasteiger partial charge in [-0.2, -0.15) is 4.39 Å². The molecule has 1 fully saturated rings. The number of carbonyl (C=O) groups excluding carboxylic acids is 1. The summed E-state index contributed by atoms with van der Waals surface area (Å²) in [5.41, 5.74) is 0.212. The van der Waals surface area contributed by atoms with E-state index in [9.17, 15) is 18.0 Å². The van der Waals surface area contributed by atoms with Gasteiger partial charge in [0, 0.05) is 17.3 Å². The number of carbonyl (C=O) groups is 1. The van der Waals surface area contributed by atoms with Crippen molar-refractivity contribution >= 4 is 29.3 Å². The molecule has 25 heavy (non-hydrogen) atoms. The largest absolute Gasteiger partial charge is 0.491 e. The van der Waals surface area contributed by atoms with Gasteiger partial charge in [-0.05, 0) is 23.8 Å². The second-order valence-electron chi connectivity index (χ2n) is 5.34. The standard InChI is InChI=1S/C17H13ClF3NO2S/c1-24-15-13(20)11(8-12(19)14(15)21)16(23)22-5-6-25-17(22)9-3-2-4-10(18)7-9/h2-4,7-8,17H,5-6H2,1H3. The Balaban J connectivity index is 1.99. The SMILES string of the molecule is COc1c(F)c(F)cc(C(=O)N2CCSC2c2cccc(Cl)c2)c1F. The maximum absolute atomic E-state index is 14.4. The molecule has 2 aromatic rings. The van der Waals surface area contributed by atoms with Gasteiger partial charge in [0.2, 0.25) is 5.82 Å². The topological polar surface area (TPSA) is 29.5 Å². The fourth-order valence-electron chi connectivity index (χ4n) is 2.68. The van der Waals surface area contributed by atoms with E-state index in [4.69, 9.17) is 11.6 Å². The normalized spacial score (nSPS) is 17.0. The van der Waals surface area contributed by atoms with Gasteiger partial charge in [0.15, 0.2) is 17.4 Å².